The minimum atomic E-state index is 0.776. The van der Waals surface area contributed by atoms with Gasteiger partial charge >= 0.3 is 0 Å². The Balaban J connectivity index is 1.70. The molecule has 0 unspecified atom stereocenters. The topological polar surface area (TPSA) is 42.7 Å². The van der Waals surface area contributed by atoms with E-state index in [1.807, 2.05) is 4.68 Å². The summed E-state index contributed by atoms with van der Waals surface area (Å²) in [5.74, 6) is 0. The van der Waals surface area contributed by atoms with E-state index in [0.717, 1.165) is 13.2 Å². The van der Waals surface area contributed by atoms with Crippen molar-refractivity contribution in [3.63, 3.8) is 0 Å². The van der Waals surface area contributed by atoms with Crippen LogP contribution in [0.1, 0.15) is 77.6 Å². The number of nitrogens with zero attached hydrogens (tertiary/aromatic N) is 3. The van der Waals surface area contributed by atoms with Crippen molar-refractivity contribution in [2.45, 2.75) is 84.2 Å². The molecule has 1 N–H and O–H groups in total. The van der Waals surface area contributed by atoms with Crippen LogP contribution in [0.2, 0.25) is 0 Å². The molecule has 0 aromatic carbocycles. The second-order valence-electron chi connectivity index (χ2n) is 5.63. The Morgan fingerprint density at radius 2 is 1.45 bits per heavy atom. The molecule has 4 heteroatoms. The maximum Gasteiger partial charge on any atom is 0.137 e. The Bertz CT molecular complexity index is 285. The van der Waals surface area contributed by atoms with Crippen LogP contribution < -0.4 is 5.32 Å². The zero-order valence-corrected chi connectivity index (χ0v) is 13.2. The van der Waals surface area contributed by atoms with Crippen molar-refractivity contribution in [3.05, 3.63) is 12.7 Å². The first kappa shape index (κ1) is 17.2. The van der Waals surface area contributed by atoms with Crippen molar-refractivity contribution in [2.24, 2.45) is 0 Å². The number of unbranched alkanes of at least 4 members (excludes halogenated alkanes) is 10. The van der Waals surface area contributed by atoms with Gasteiger partial charge in [-0.25, -0.2) is 9.67 Å². The molecule has 0 atom stereocenters. The van der Waals surface area contributed by atoms with Crippen molar-refractivity contribution in [2.75, 3.05) is 6.54 Å². The Kier molecular flexibility index (Phi) is 11.2. The van der Waals surface area contributed by atoms with Crippen LogP contribution in [0.3, 0.4) is 0 Å². The van der Waals surface area contributed by atoms with Crippen molar-refractivity contribution in [1.29, 1.82) is 0 Å². The van der Waals surface area contributed by atoms with E-state index in [-0.39, 0.29) is 0 Å². The molecule has 1 aromatic rings. The molecule has 0 spiro atoms. The first-order valence-corrected chi connectivity index (χ1v) is 8.46. The summed E-state index contributed by atoms with van der Waals surface area (Å²) >= 11 is 0. The number of hydrogen-bond donors (Lipinski definition) is 1. The molecule has 0 aliphatic heterocycles. The van der Waals surface area contributed by atoms with E-state index in [1.54, 1.807) is 12.7 Å². The van der Waals surface area contributed by atoms with E-state index in [9.17, 15) is 0 Å². The summed E-state index contributed by atoms with van der Waals surface area (Å²) in [5.41, 5.74) is 0. The highest BCUT2D eigenvalue weighted by molar-refractivity contribution is 4.55. The molecule has 1 rings (SSSR count). The highest BCUT2D eigenvalue weighted by Crippen LogP contribution is 2.10. The summed E-state index contributed by atoms with van der Waals surface area (Å²) in [6, 6.07) is 0. The molecule has 0 aliphatic carbocycles. The Morgan fingerprint density at radius 3 is 2.00 bits per heavy atom. The zero-order valence-electron chi connectivity index (χ0n) is 13.2. The van der Waals surface area contributed by atoms with Gasteiger partial charge in [-0.05, 0) is 13.0 Å². The predicted octanol–water partition coefficient (Wildman–Crippen LogP) is 4.14. The lowest BCUT2D eigenvalue weighted by atomic mass is 10.1. The molecule has 0 saturated heterocycles. The smallest absolute Gasteiger partial charge is 0.137 e. The van der Waals surface area contributed by atoms with Crippen molar-refractivity contribution >= 4 is 0 Å². The SMILES string of the molecule is CCCCCCCCCCCCCNCn1cncn1. The van der Waals surface area contributed by atoms with Crippen LogP contribution in [0.15, 0.2) is 12.7 Å². The van der Waals surface area contributed by atoms with Crippen LogP contribution in [0.25, 0.3) is 0 Å². The number of aromatic nitrogens is 3. The third-order valence-electron chi connectivity index (χ3n) is 3.70. The first-order valence-electron chi connectivity index (χ1n) is 8.46. The molecule has 1 aromatic heterocycles. The largest absolute Gasteiger partial charge is 0.298 e. The molecule has 0 saturated carbocycles. The lowest BCUT2D eigenvalue weighted by Gasteiger charge is -2.04. The van der Waals surface area contributed by atoms with Gasteiger partial charge in [-0.15, -0.1) is 0 Å². The Morgan fingerprint density at radius 1 is 0.850 bits per heavy atom. The van der Waals surface area contributed by atoms with Gasteiger partial charge in [0.05, 0.1) is 6.67 Å². The molecule has 0 amide bonds. The summed E-state index contributed by atoms with van der Waals surface area (Å²) in [6.07, 6.45) is 18.7. The molecule has 116 valence electrons. The van der Waals surface area contributed by atoms with E-state index in [2.05, 4.69) is 22.3 Å². The van der Waals surface area contributed by atoms with Gasteiger partial charge < -0.3 is 0 Å². The lowest BCUT2D eigenvalue weighted by molar-refractivity contribution is 0.486. The molecule has 4 nitrogen and oxygen atoms in total. The fourth-order valence-corrected chi connectivity index (χ4v) is 2.42. The summed E-state index contributed by atoms with van der Waals surface area (Å²) in [4.78, 5) is 3.91. The van der Waals surface area contributed by atoms with Crippen LogP contribution in [0.4, 0.5) is 0 Å². The average Bonchev–Trinajstić information content (AvgIpc) is 2.97. The highest BCUT2D eigenvalue weighted by Gasteiger charge is 1.94. The van der Waals surface area contributed by atoms with E-state index >= 15 is 0 Å². The van der Waals surface area contributed by atoms with Gasteiger partial charge in [-0.2, -0.15) is 5.10 Å². The maximum absolute atomic E-state index is 4.05. The fraction of sp³-hybridized carbons (Fsp3) is 0.875. The van der Waals surface area contributed by atoms with Gasteiger partial charge in [0.25, 0.3) is 0 Å². The number of nitrogens with one attached hydrogen (secondary N) is 1. The van der Waals surface area contributed by atoms with Crippen LogP contribution in [0.5, 0.6) is 0 Å². The average molecular weight is 280 g/mol. The Hall–Kier alpha value is -0.900. The van der Waals surface area contributed by atoms with Gasteiger partial charge in [-0.1, -0.05) is 71.1 Å². The monoisotopic (exact) mass is 280 g/mol. The van der Waals surface area contributed by atoms with Gasteiger partial charge in [0, 0.05) is 0 Å². The molecule has 1 heterocycles. The third-order valence-corrected chi connectivity index (χ3v) is 3.70. The van der Waals surface area contributed by atoms with Gasteiger partial charge in [-0.3, -0.25) is 5.32 Å². The minimum absolute atomic E-state index is 0.776. The molecular weight excluding hydrogens is 248 g/mol. The van der Waals surface area contributed by atoms with Crippen LogP contribution in [-0.4, -0.2) is 21.3 Å². The van der Waals surface area contributed by atoms with Crippen molar-refractivity contribution < 1.29 is 0 Å². The first-order chi connectivity index (χ1) is 9.93. The summed E-state index contributed by atoms with van der Waals surface area (Å²) in [6.45, 7) is 4.13. The predicted molar refractivity (Wildman–Crippen MR) is 84.5 cm³/mol. The highest BCUT2D eigenvalue weighted by atomic mass is 15.4. The molecule has 20 heavy (non-hydrogen) atoms. The van der Waals surface area contributed by atoms with Gasteiger partial charge in [0.1, 0.15) is 12.7 Å². The minimum Gasteiger partial charge on any atom is -0.298 e. The molecule has 0 aliphatic rings. The third kappa shape index (κ3) is 9.96. The number of hydrogen-bond acceptors (Lipinski definition) is 3. The van der Waals surface area contributed by atoms with E-state index in [0.29, 0.717) is 0 Å². The van der Waals surface area contributed by atoms with Crippen molar-refractivity contribution in [3.8, 4) is 0 Å². The second kappa shape index (κ2) is 13.1. The molecule has 0 bridgehead atoms. The summed E-state index contributed by atoms with van der Waals surface area (Å²) in [7, 11) is 0. The molecule has 0 radical (unpaired) electrons. The zero-order chi connectivity index (χ0) is 14.3. The van der Waals surface area contributed by atoms with Crippen LogP contribution in [-0.2, 0) is 6.67 Å². The summed E-state index contributed by atoms with van der Waals surface area (Å²) < 4.78 is 1.82. The quantitative estimate of drug-likeness (QED) is 0.521. The van der Waals surface area contributed by atoms with Gasteiger partial charge in [0.15, 0.2) is 0 Å². The van der Waals surface area contributed by atoms with Crippen LogP contribution >= 0.6 is 0 Å². The van der Waals surface area contributed by atoms with E-state index in [1.165, 1.54) is 70.6 Å². The fourth-order valence-electron chi connectivity index (χ4n) is 2.42. The normalized spacial score (nSPS) is 11.1. The maximum atomic E-state index is 4.05. The summed E-state index contributed by atoms with van der Waals surface area (Å²) in [5, 5.41) is 7.43. The second-order valence-corrected chi connectivity index (χ2v) is 5.63. The molecule has 0 fully saturated rings. The Labute approximate surface area is 124 Å². The van der Waals surface area contributed by atoms with E-state index in [4.69, 9.17) is 0 Å². The standard InChI is InChI=1S/C16H32N4/c1-2-3-4-5-6-7-8-9-10-11-12-13-17-15-20-16-18-14-19-20/h14,16-17H,2-13,15H2,1H3. The molecular formula is C16H32N4. The van der Waals surface area contributed by atoms with Crippen molar-refractivity contribution in [1.82, 2.24) is 20.1 Å². The lowest BCUT2D eigenvalue weighted by Crippen LogP contribution is -2.19. The van der Waals surface area contributed by atoms with Crippen LogP contribution in [0, 0.1) is 0 Å². The number of rotatable bonds is 14. The van der Waals surface area contributed by atoms with Gasteiger partial charge in [0.2, 0.25) is 0 Å². The van der Waals surface area contributed by atoms with E-state index < -0.39 is 0 Å².